The van der Waals surface area contributed by atoms with Crippen LogP contribution >= 0.6 is 22.9 Å². The number of benzene rings is 3. The Labute approximate surface area is 182 Å². The molecule has 4 nitrogen and oxygen atoms in total. The molecular formula is C24H16ClN3OS. The first-order valence-electron chi connectivity index (χ1n) is 9.40. The van der Waals surface area contributed by atoms with Crippen LogP contribution in [-0.2, 0) is 0 Å². The molecule has 146 valence electrons. The van der Waals surface area contributed by atoms with Gasteiger partial charge in [0.1, 0.15) is 10.5 Å². The van der Waals surface area contributed by atoms with Crippen LogP contribution in [0.1, 0.15) is 9.67 Å². The Kier molecular flexibility index (Phi) is 4.83. The van der Waals surface area contributed by atoms with Crippen LogP contribution in [0.3, 0.4) is 0 Å². The number of carbonyl (C=O) groups excluding carboxylic acids is 1. The van der Waals surface area contributed by atoms with E-state index in [4.69, 9.17) is 16.7 Å². The number of nitrogens with one attached hydrogen (secondary N) is 1. The monoisotopic (exact) mass is 429 g/mol. The summed E-state index contributed by atoms with van der Waals surface area (Å²) in [6.45, 7) is 0. The fourth-order valence-electron chi connectivity index (χ4n) is 3.32. The maximum Gasteiger partial charge on any atom is 0.265 e. The van der Waals surface area contributed by atoms with Crippen molar-refractivity contribution in [1.29, 1.82) is 0 Å². The van der Waals surface area contributed by atoms with Gasteiger partial charge in [0.05, 0.1) is 21.3 Å². The first-order valence-corrected chi connectivity index (χ1v) is 10.6. The maximum absolute atomic E-state index is 12.9. The van der Waals surface area contributed by atoms with Gasteiger partial charge in [-0.1, -0.05) is 72.3 Å². The fraction of sp³-hybridized carbons (Fsp3) is 0. The third kappa shape index (κ3) is 3.38. The average Bonchev–Trinajstić information content (AvgIpc) is 3.36. The quantitative estimate of drug-likeness (QED) is 0.347. The minimum absolute atomic E-state index is 0.192. The van der Waals surface area contributed by atoms with Crippen LogP contribution < -0.4 is 5.32 Å². The zero-order valence-corrected chi connectivity index (χ0v) is 17.3. The van der Waals surface area contributed by atoms with E-state index in [9.17, 15) is 4.79 Å². The lowest BCUT2D eigenvalue weighted by Crippen LogP contribution is -2.10. The number of thiophene rings is 1. The summed E-state index contributed by atoms with van der Waals surface area (Å²) in [5, 5.41) is 9.22. The Hall–Kier alpha value is -3.41. The van der Waals surface area contributed by atoms with E-state index in [-0.39, 0.29) is 5.91 Å². The predicted octanol–water partition coefficient (Wildman–Crippen LogP) is 6.66. The largest absolute Gasteiger partial charge is 0.320 e. The Morgan fingerprint density at radius 1 is 0.900 bits per heavy atom. The van der Waals surface area contributed by atoms with Crippen molar-refractivity contribution in [2.24, 2.45) is 0 Å². The van der Waals surface area contributed by atoms with Crippen LogP contribution in [0.2, 0.25) is 5.02 Å². The number of fused-ring (bicyclic) bond motifs is 1. The first kappa shape index (κ1) is 18.6. The zero-order chi connectivity index (χ0) is 20.5. The van der Waals surface area contributed by atoms with Crippen molar-refractivity contribution in [2.45, 2.75) is 0 Å². The van der Waals surface area contributed by atoms with Crippen LogP contribution in [0.25, 0.3) is 27.2 Å². The smallest absolute Gasteiger partial charge is 0.265 e. The highest BCUT2D eigenvalue weighted by molar-refractivity contribution is 7.20. The second kappa shape index (κ2) is 7.78. The summed E-state index contributed by atoms with van der Waals surface area (Å²) >= 11 is 7.61. The van der Waals surface area contributed by atoms with E-state index in [1.165, 1.54) is 11.3 Å². The standard InChI is InChI=1S/C24H16ClN3OS/c25-19-13-7-8-14-20(19)26-23(29)21-15-18-22(16-9-3-1-4-10-16)27-28(24(18)30-21)17-11-5-2-6-12-17/h1-15H,(H,26,29). The molecule has 0 unspecified atom stereocenters. The van der Waals surface area contributed by atoms with Crippen molar-refractivity contribution in [3.63, 3.8) is 0 Å². The van der Waals surface area contributed by atoms with Gasteiger partial charge in [-0.2, -0.15) is 5.10 Å². The van der Waals surface area contributed by atoms with Crippen molar-refractivity contribution in [2.75, 3.05) is 5.32 Å². The molecule has 2 aromatic heterocycles. The highest BCUT2D eigenvalue weighted by Crippen LogP contribution is 2.36. The molecule has 0 radical (unpaired) electrons. The molecule has 6 heteroatoms. The number of amides is 1. The second-order valence-electron chi connectivity index (χ2n) is 6.73. The van der Waals surface area contributed by atoms with E-state index in [2.05, 4.69) is 5.32 Å². The predicted molar refractivity (Wildman–Crippen MR) is 124 cm³/mol. The molecule has 0 fully saturated rings. The number of hydrogen-bond acceptors (Lipinski definition) is 3. The zero-order valence-electron chi connectivity index (χ0n) is 15.7. The third-order valence-corrected chi connectivity index (χ3v) is 6.19. The molecule has 0 aliphatic rings. The summed E-state index contributed by atoms with van der Waals surface area (Å²) < 4.78 is 1.90. The van der Waals surface area contributed by atoms with Crippen molar-refractivity contribution in [3.05, 3.63) is 101 Å². The molecule has 0 aliphatic carbocycles. The van der Waals surface area contributed by atoms with Gasteiger partial charge in [-0.25, -0.2) is 4.68 Å². The SMILES string of the molecule is O=C(Nc1ccccc1Cl)c1cc2c(-c3ccccc3)nn(-c3ccccc3)c2s1. The summed E-state index contributed by atoms with van der Waals surface area (Å²) in [5.41, 5.74) is 3.40. The van der Waals surface area contributed by atoms with Crippen LogP contribution in [0.4, 0.5) is 5.69 Å². The molecule has 0 spiro atoms. The molecule has 2 heterocycles. The Morgan fingerprint density at radius 2 is 1.57 bits per heavy atom. The van der Waals surface area contributed by atoms with Gasteiger partial charge in [0.25, 0.3) is 5.91 Å². The lowest BCUT2D eigenvalue weighted by molar-refractivity contribution is 0.103. The number of hydrogen-bond donors (Lipinski definition) is 1. The molecule has 5 aromatic rings. The van der Waals surface area contributed by atoms with Crippen molar-refractivity contribution in [1.82, 2.24) is 9.78 Å². The second-order valence-corrected chi connectivity index (χ2v) is 8.16. The number of anilines is 1. The molecule has 5 rings (SSSR count). The highest BCUT2D eigenvalue weighted by Gasteiger charge is 2.20. The molecule has 0 aliphatic heterocycles. The molecule has 3 aromatic carbocycles. The van der Waals surface area contributed by atoms with Gasteiger partial charge in [-0.05, 0) is 30.3 Å². The maximum atomic E-state index is 12.9. The molecule has 1 N–H and O–H groups in total. The lowest BCUT2D eigenvalue weighted by atomic mass is 10.1. The van der Waals surface area contributed by atoms with E-state index < -0.39 is 0 Å². The molecule has 1 amide bonds. The van der Waals surface area contributed by atoms with E-state index >= 15 is 0 Å². The first-order chi connectivity index (χ1) is 14.7. The Bertz CT molecular complexity index is 1270. The minimum Gasteiger partial charge on any atom is -0.320 e. The van der Waals surface area contributed by atoms with Crippen LogP contribution in [0, 0.1) is 0 Å². The Balaban J connectivity index is 1.63. The van der Waals surface area contributed by atoms with Crippen molar-refractivity contribution >= 4 is 44.7 Å². The molecule has 0 saturated carbocycles. The van der Waals surface area contributed by atoms with Crippen molar-refractivity contribution < 1.29 is 4.79 Å². The number of halogens is 1. The van der Waals surface area contributed by atoms with Gasteiger partial charge >= 0.3 is 0 Å². The number of para-hydroxylation sites is 2. The van der Waals surface area contributed by atoms with E-state index in [0.29, 0.717) is 15.6 Å². The number of aromatic nitrogens is 2. The average molecular weight is 430 g/mol. The fourth-order valence-corrected chi connectivity index (χ4v) is 4.53. The van der Waals surface area contributed by atoms with Crippen molar-refractivity contribution in [3.8, 4) is 16.9 Å². The van der Waals surface area contributed by atoms with Gasteiger partial charge in [-0.15, -0.1) is 11.3 Å². The number of carbonyl (C=O) groups is 1. The van der Waals surface area contributed by atoms with Gasteiger partial charge in [0.15, 0.2) is 0 Å². The summed E-state index contributed by atoms with van der Waals surface area (Å²) in [7, 11) is 0. The summed E-state index contributed by atoms with van der Waals surface area (Å²) in [5.74, 6) is -0.192. The van der Waals surface area contributed by atoms with Crippen LogP contribution in [0.15, 0.2) is 91.0 Å². The molecule has 0 bridgehead atoms. The minimum atomic E-state index is -0.192. The molecular weight excluding hydrogens is 414 g/mol. The molecule has 0 atom stereocenters. The van der Waals surface area contributed by atoms with Gasteiger partial charge in [0, 0.05) is 10.9 Å². The molecule has 30 heavy (non-hydrogen) atoms. The number of rotatable bonds is 4. The highest BCUT2D eigenvalue weighted by atomic mass is 35.5. The lowest BCUT2D eigenvalue weighted by Gasteiger charge is -2.05. The number of nitrogens with zero attached hydrogens (tertiary/aromatic N) is 2. The van der Waals surface area contributed by atoms with E-state index in [0.717, 1.165) is 27.2 Å². The third-order valence-electron chi connectivity index (χ3n) is 4.75. The molecule has 0 saturated heterocycles. The Morgan fingerprint density at radius 3 is 2.30 bits per heavy atom. The van der Waals surface area contributed by atoms with Crippen LogP contribution in [0.5, 0.6) is 0 Å². The topological polar surface area (TPSA) is 46.9 Å². The summed E-state index contributed by atoms with van der Waals surface area (Å²) in [6, 6.07) is 29.0. The van der Waals surface area contributed by atoms with Crippen LogP contribution in [-0.4, -0.2) is 15.7 Å². The van der Waals surface area contributed by atoms with Gasteiger partial charge in [-0.3, -0.25) is 4.79 Å². The normalized spacial score (nSPS) is 11.0. The summed E-state index contributed by atoms with van der Waals surface area (Å²) in [6.07, 6.45) is 0. The van der Waals surface area contributed by atoms with E-state index in [1.807, 2.05) is 83.5 Å². The van der Waals surface area contributed by atoms with Gasteiger partial charge < -0.3 is 5.32 Å². The van der Waals surface area contributed by atoms with Gasteiger partial charge in [0.2, 0.25) is 0 Å². The van der Waals surface area contributed by atoms with E-state index in [1.54, 1.807) is 12.1 Å². The summed E-state index contributed by atoms with van der Waals surface area (Å²) in [4.78, 5) is 14.5.